The van der Waals surface area contributed by atoms with Gasteiger partial charge in [-0.25, -0.2) is 8.78 Å². The van der Waals surface area contributed by atoms with Crippen LogP contribution in [0, 0.1) is 11.6 Å². The predicted octanol–water partition coefficient (Wildman–Crippen LogP) is 2.33. The Morgan fingerprint density at radius 1 is 1.36 bits per heavy atom. The maximum absolute atomic E-state index is 13.2. The van der Waals surface area contributed by atoms with E-state index in [4.69, 9.17) is 5.11 Å². The maximum atomic E-state index is 13.2. The Morgan fingerprint density at radius 2 is 1.93 bits per heavy atom. The van der Waals surface area contributed by atoms with Crippen LogP contribution in [0.3, 0.4) is 0 Å². The number of halogens is 2. The first kappa shape index (κ1) is 10.6. The highest BCUT2D eigenvalue weighted by molar-refractivity contribution is 5.80. The zero-order chi connectivity index (χ0) is 10.9. The first-order valence-corrected chi connectivity index (χ1v) is 4.04. The molecule has 1 N–H and O–H groups in total. The van der Waals surface area contributed by atoms with Gasteiger partial charge in [0.05, 0.1) is 5.41 Å². The summed E-state index contributed by atoms with van der Waals surface area (Å²) in [4.78, 5) is 10.8. The molecule has 2 nitrogen and oxygen atoms in total. The zero-order valence-corrected chi connectivity index (χ0v) is 7.84. The number of benzene rings is 1. The Balaban J connectivity index is 3.31. The van der Waals surface area contributed by atoms with Crippen molar-refractivity contribution < 1.29 is 18.7 Å². The normalized spacial score (nSPS) is 11.4. The molecule has 0 aliphatic carbocycles. The van der Waals surface area contributed by atoms with Gasteiger partial charge in [0.1, 0.15) is 11.6 Å². The number of rotatable bonds is 2. The Labute approximate surface area is 80.2 Å². The quantitative estimate of drug-likeness (QED) is 0.795. The number of hydrogen-bond acceptors (Lipinski definition) is 1. The van der Waals surface area contributed by atoms with Crippen LogP contribution in [0.25, 0.3) is 0 Å². The fourth-order valence-corrected chi connectivity index (χ4v) is 1.09. The lowest BCUT2D eigenvalue weighted by Gasteiger charge is -2.20. The standard InChI is InChI=1S/C10H10F2O2/c1-10(2,9(13)14)7-5-6(11)3-4-8(7)12/h3-5H,1-2H3,(H,13,14). The molecule has 0 atom stereocenters. The van der Waals surface area contributed by atoms with E-state index in [1.54, 1.807) is 0 Å². The van der Waals surface area contributed by atoms with Gasteiger partial charge in [-0.2, -0.15) is 0 Å². The largest absolute Gasteiger partial charge is 0.481 e. The molecule has 1 rings (SSSR count). The molecule has 0 unspecified atom stereocenters. The molecule has 76 valence electrons. The van der Waals surface area contributed by atoms with E-state index < -0.39 is 23.0 Å². The third-order valence-corrected chi connectivity index (χ3v) is 2.14. The van der Waals surface area contributed by atoms with Gasteiger partial charge in [0.15, 0.2) is 0 Å². The SMILES string of the molecule is CC(C)(C(=O)O)c1cc(F)ccc1F. The van der Waals surface area contributed by atoms with Crippen molar-refractivity contribution in [3.05, 3.63) is 35.4 Å². The number of carbonyl (C=O) groups is 1. The van der Waals surface area contributed by atoms with Crippen molar-refractivity contribution in [1.82, 2.24) is 0 Å². The predicted molar refractivity (Wildman–Crippen MR) is 47.0 cm³/mol. The molecule has 0 saturated heterocycles. The minimum Gasteiger partial charge on any atom is -0.481 e. The van der Waals surface area contributed by atoms with E-state index in [1.165, 1.54) is 13.8 Å². The Hall–Kier alpha value is -1.45. The van der Waals surface area contributed by atoms with Crippen molar-refractivity contribution in [2.24, 2.45) is 0 Å². The lowest BCUT2D eigenvalue weighted by Crippen LogP contribution is -2.29. The van der Waals surface area contributed by atoms with Gasteiger partial charge in [-0.05, 0) is 32.0 Å². The van der Waals surface area contributed by atoms with Crippen molar-refractivity contribution in [2.75, 3.05) is 0 Å². The molecule has 1 aromatic carbocycles. The molecule has 0 bridgehead atoms. The highest BCUT2D eigenvalue weighted by atomic mass is 19.1. The molecule has 0 aliphatic heterocycles. The van der Waals surface area contributed by atoms with Crippen LogP contribution in [0.4, 0.5) is 8.78 Å². The molecule has 0 radical (unpaired) electrons. The molecule has 0 aliphatic rings. The third kappa shape index (κ3) is 1.73. The molecule has 0 spiro atoms. The fraction of sp³-hybridized carbons (Fsp3) is 0.300. The number of carboxylic acid groups (broad SMARTS) is 1. The summed E-state index contributed by atoms with van der Waals surface area (Å²) in [5.41, 5.74) is -1.57. The molecule has 0 heterocycles. The molecule has 0 aromatic heterocycles. The van der Waals surface area contributed by atoms with Gasteiger partial charge in [-0.15, -0.1) is 0 Å². The van der Waals surface area contributed by atoms with E-state index in [2.05, 4.69) is 0 Å². The molecule has 0 saturated carbocycles. The summed E-state index contributed by atoms with van der Waals surface area (Å²) in [5.74, 6) is -2.54. The second-order valence-corrected chi connectivity index (χ2v) is 3.55. The van der Waals surface area contributed by atoms with E-state index in [9.17, 15) is 13.6 Å². The monoisotopic (exact) mass is 200 g/mol. The summed E-state index contributed by atoms with van der Waals surface area (Å²) >= 11 is 0. The summed E-state index contributed by atoms with van der Waals surface area (Å²) in [6.45, 7) is 2.65. The lowest BCUT2D eigenvalue weighted by molar-refractivity contribution is -0.142. The first-order valence-electron chi connectivity index (χ1n) is 4.04. The summed E-state index contributed by atoms with van der Waals surface area (Å²) in [5, 5.41) is 8.82. The average molecular weight is 200 g/mol. The Kier molecular flexibility index (Phi) is 2.55. The minimum absolute atomic E-state index is 0.148. The van der Waals surface area contributed by atoms with E-state index >= 15 is 0 Å². The smallest absolute Gasteiger partial charge is 0.313 e. The van der Waals surface area contributed by atoms with Crippen LogP contribution in [-0.2, 0) is 10.2 Å². The summed E-state index contributed by atoms with van der Waals surface area (Å²) in [6.07, 6.45) is 0. The van der Waals surface area contributed by atoms with Crippen molar-refractivity contribution >= 4 is 5.97 Å². The highest BCUT2D eigenvalue weighted by Gasteiger charge is 2.32. The van der Waals surface area contributed by atoms with Gasteiger partial charge >= 0.3 is 5.97 Å². The van der Waals surface area contributed by atoms with Crippen molar-refractivity contribution in [3.8, 4) is 0 Å². The van der Waals surface area contributed by atoms with Crippen molar-refractivity contribution in [3.63, 3.8) is 0 Å². The van der Waals surface area contributed by atoms with E-state index in [0.717, 1.165) is 18.2 Å². The number of carboxylic acids is 1. The fourth-order valence-electron chi connectivity index (χ4n) is 1.09. The minimum atomic E-state index is -1.42. The van der Waals surface area contributed by atoms with E-state index in [-0.39, 0.29) is 5.56 Å². The van der Waals surface area contributed by atoms with Crippen LogP contribution in [0.1, 0.15) is 19.4 Å². The van der Waals surface area contributed by atoms with Gasteiger partial charge in [-0.1, -0.05) is 0 Å². The van der Waals surface area contributed by atoms with Crippen molar-refractivity contribution in [1.29, 1.82) is 0 Å². The van der Waals surface area contributed by atoms with Crippen LogP contribution < -0.4 is 0 Å². The van der Waals surface area contributed by atoms with Crippen LogP contribution >= 0.6 is 0 Å². The maximum Gasteiger partial charge on any atom is 0.313 e. The van der Waals surface area contributed by atoms with Crippen LogP contribution in [0.15, 0.2) is 18.2 Å². The zero-order valence-electron chi connectivity index (χ0n) is 7.84. The lowest BCUT2D eigenvalue weighted by atomic mass is 9.84. The van der Waals surface area contributed by atoms with Gasteiger partial charge in [0.2, 0.25) is 0 Å². The van der Waals surface area contributed by atoms with Crippen LogP contribution in [0.2, 0.25) is 0 Å². The Morgan fingerprint density at radius 3 is 2.43 bits per heavy atom. The van der Waals surface area contributed by atoms with Gasteiger partial charge in [0.25, 0.3) is 0 Å². The second-order valence-electron chi connectivity index (χ2n) is 3.55. The molecule has 0 amide bonds. The van der Waals surface area contributed by atoms with E-state index in [0.29, 0.717) is 0 Å². The first-order chi connectivity index (χ1) is 6.35. The number of aliphatic carboxylic acids is 1. The molecule has 0 fully saturated rings. The van der Waals surface area contributed by atoms with Gasteiger partial charge in [-0.3, -0.25) is 4.79 Å². The Bertz CT molecular complexity index is 372. The topological polar surface area (TPSA) is 37.3 Å². The summed E-state index contributed by atoms with van der Waals surface area (Å²) < 4.78 is 26.0. The van der Waals surface area contributed by atoms with E-state index in [1.807, 2.05) is 0 Å². The molecule has 4 heteroatoms. The molecular weight excluding hydrogens is 190 g/mol. The van der Waals surface area contributed by atoms with Crippen LogP contribution in [-0.4, -0.2) is 11.1 Å². The van der Waals surface area contributed by atoms with Crippen molar-refractivity contribution in [2.45, 2.75) is 19.3 Å². The molecular formula is C10H10F2O2. The third-order valence-electron chi connectivity index (χ3n) is 2.14. The average Bonchev–Trinajstić information content (AvgIpc) is 2.08. The van der Waals surface area contributed by atoms with Crippen LogP contribution in [0.5, 0.6) is 0 Å². The second kappa shape index (κ2) is 3.36. The molecule has 14 heavy (non-hydrogen) atoms. The summed E-state index contributed by atoms with van der Waals surface area (Å²) in [7, 11) is 0. The molecule has 1 aromatic rings. The highest BCUT2D eigenvalue weighted by Crippen LogP contribution is 2.26. The summed E-state index contributed by atoms with van der Waals surface area (Å²) in [6, 6.07) is 2.79. The number of hydrogen-bond donors (Lipinski definition) is 1. The van der Waals surface area contributed by atoms with Gasteiger partial charge < -0.3 is 5.11 Å². The van der Waals surface area contributed by atoms with Gasteiger partial charge in [0, 0.05) is 5.56 Å².